The van der Waals surface area contributed by atoms with Crippen molar-refractivity contribution in [1.29, 1.82) is 0 Å². The molecule has 0 spiro atoms. The van der Waals surface area contributed by atoms with E-state index in [0.717, 1.165) is 50.5 Å². The highest BCUT2D eigenvalue weighted by Gasteiger charge is 2.46. The molecular weight excluding hydrogens is 364 g/mol. The van der Waals surface area contributed by atoms with Crippen molar-refractivity contribution in [1.82, 2.24) is 20.0 Å². The number of piperazine rings is 1. The monoisotopic (exact) mass is 392 g/mol. The van der Waals surface area contributed by atoms with E-state index in [1.54, 1.807) is 4.90 Å². The van der Waals surface area contributed by atoms with Gasteiger partial charge in [-0.15, -0.1) is 0 Å². The second-order valence-electron chi connectivity index (χ2n) is 8.39. The maximum absolute atomic E-state index is 12.8. The van der Waals surface area contributed by atoms with E-state index in [1.165, 1.54) is 5.56 Å². The molecule has 2 saturated heterocycles. The van der Waals surface area contributed by atoms with Crippen molar-refractivity contribution >= 4 is 17.6 Å². The molecular formula is C20H29ClN4O2. The van der Waals surface area contributed by atoms with Crippen molar-refractivity contribution in [2.24, 2.45) is 0 Å². The Labute approximate surface area is 166 Å². The number of carbonyl (C=O) groups excluding carboxylic acids is 1. The Morgan fingerprint density at radius 1 is 1.19 bits per heavy atom. The van der Waals surface area contributed by atoms with Crippen LogP contribution in [0.15, 0.2) is 24.3 Å². The van der Waals surface area contributed by atoms with Gasteiger partial charge in [0.15, 0.2) is 0 Å². The summed E-state index contributed by atoms with van der Waals surface area (Å²) in [6, 6.07) is 7.85. The third kappa shape index (κ3) is 4.40. The van der Waals surface area contributed by atoms with Crippen LogP contribution in [0.4, 0.5) is 4.79 Å². The number of likely N-dealkylation sites (tertiary alicyclic amines) is 1. The predicted molar refractivity (Wildman–Crippen MR) is 106 cm³/mol. The molecule has 2 aliphatic heterocycles. The standard InChI is InChI=1S/C20H29ClN4O2/c1-23-8-10-24(11-9-23)17-13-25(14-18(17)26)19(27)22-20(6-7-20)12-15-2-4-16(21)5-3-15/h2-5,17-18,26H,6-14H2,1H3,(H,22,27)/t17-,18-/m0/s1. The van der Waals surface area contributed by atoms with Gasteiger partial charge >= 0.3 is 6.03 Å². The molecule has 0 bridgehead atoms. The van der Waals surface area contributed by atoms with Crippen molar-refractivity contribution in [2.75, 3.05) is 46.3 Å². The van der Waals surface area contributed by atoms with Gasteiger partial charge in [0.05, 0.1) is 12.1 Å². The number of hydrogen-bond donors (Lipinski definition) is 2. The number of nitrogens with zero attached hydrogens (tertiary/aromatic N) is 3. The highest BCUT2D eigenvalue weighted by molar-refractivity contribution is 6.30. The van der Waals surface area contributed by atoms with Gasteiger partial charge in [0.1, 0.15) is 0 Å². The second-order valence-corrected chi connectivity index (χ2v) is 8.83. The van der Waals surface area contributed by atoms with Gasteiger partial charge in [-0.05, 0) is 44.0 Å². The largest absolute Gasteiger partial charge is 0.390 e. The van der Waals surface area contributed by atoms with Crippen molar-refractivity contribution in [3.05, 3.63) is 34.9 Å². The molecule has 1 aromatic carbocycles. The first kappa shape index (κ1) is 19.0. The normalized spacial score (nSPS) is 28.3. The zero-order valence-electron chi connectivity index (χ0n) is 15.9. The molecule has 6 nitrogen and oxygen atoms in total. The SMILES string of the molecule is CN1CCN([C@H]2CN(C(=O)NC3(Cc4ccc(Cl)cc4)CC3)C[C@@H]2O)CC1. The summed E-state index contributed by atoms with van der Waals surface area (Å²) in [5, 5.41) is 14.5. The summed E-state index contributed by atoms with van der Waals surface area (Å²) in [6.45, 7) is 4.95. The topological polar surface area (TPSA) is 59.0 Å². The Bertz CT molecular complexity index is 671. The van der Waals surface area contributed by atoms with E-state index >= 15 is 0 Å². The first-order valence-corrected chi connectivity index (χ1v) is 10.2. The number of nitrogens with one attached hydrogen (secondary N) is 1. The lowest BCUT2D eigenvalue weighted by atomic mass is 10.0. The van der Waals surface area contributed by atoms with Crippen molar-refractivity contribution in [3.8, 4) is 0 Å². The number of hydrogen-bond acceptors (Lipinski definition) is 4. The molecule has 2 N–H and O–H groups in total. The zero-order valence-corrected chi connectivity index (χ0v) is 16.7. The molecule has 7 heteroatoms. The maximum atomic E-state index is 12.8. The van der Waals surface area contributed by atoms with Crippen LogP contribution in [0.25, 0.3) is 0 Å². The van der Waals surface area contributed by atoms with E-state index in [0.29, 0.717) is 13.1 Å². The number of amides is 2. The van der Waals surface area contributed by atoms with E-state index in [1.807, 2.05) is 24.3 Å². The molecule has 1 aliphatic carbocycles. The Morgan fingerprint density at radius 2 is 1.85 bits per heavy atom. The molecule has 0 radical (unpaired) electrons. The van der Waals surface area contributed by atoms with Gasteiger partial charge in [-0.25, -0.2) is 4.79 Å². The summed E-state index contributed by atoms with van der Waals surface area (Å²) >= 11 is 5.96. The van der Waals surface area contributed by atoms with Crippen molar-refractivity contribution in [3.63, 3.8) is 0 Å². The van der Waals surface area contributed by atoms with Gasteiger partial charge in [-0.1, -0.05) is 23.7 Å². The lowest BCUT2D eigenvalue weighted by molar-refractivity contribution is 0.0512. The first-order chi connectivity index (χ1) is 12.9. The van der Waals surface area contributed by atoms with E-state index in [-0.39, 0.29) is 17.6 Å². The third-order valence-corrected chi connectivity index (χ3v) is 6.49. The molecule has 3 fully saturated rings. The molecule has 148 valence electrons. The van der Waals surface area contributed by atoms with Crippen LogP contribution in [-0.4, -0.2) is 89.8 Å². The summed E-state index contributed by atoms with van der Waals surface area (Å²) in [7, 11) is 2.12. The molecule has 2 heterocycles. The average Bonchev–Trinajstić information content (AvgIpc) is 3.28. The summed E-state index contributed by atoms with van der Waals surface area (Å²) < 4.78 is 0. The molecule has 27 heavy (non-hydrogen) atoms. The van der Waals surface area contributed by atoms with Crippen LogP contribution < -0.4 is 5.32 Å². The molecule has 2 atom stereocenters. The Morgan fingerprint density at radius 3 is 2.48 bits per heavy atom. The fourth-order valence-corrected chi connectivity index (χ4v) is 4.37. The molecule has 4 rings (SSSR count). The number of rotatable bonds is 4. The van der Waals surface area contributed by atoms with Gasteiger partial charge in [-0.2, -0.15) is 0 Å². The van der Waals surface area contributed by atoms with Crippen molar-refractivity contribution < 1.29 is 9.90 Å². The lowest BCUT2D eigenvalue weighted by Gasteiger charge is -2.37. The number of aliphatic hydroxyl groups is 1. The molecule has 0 aromatic heterocycles. The minimum Gasteiger partial charge on any atom is -0.390 e. The fraction of sp³-hybridized carbons (Fsp3) is 0.650. The zero-order chi connectivity index (χ0) is 19.0. The van der Waals surface area contributed by atoms with Crippen LogP contribution in [-0.2, 0) is 6.42 Å². The predicted octanol–water partition coefficient (Wildman–Crippen LogP) is 1.42. The van der Waals surface area contributed by atoms with Crippen LogP contribution in [0.2, 0.25) is 5.02 Å². The number of aliphatic hydroxyl groups excluding tert-OH is 1. The van der Waals surface area contributed by atoms with Gasteiger partial charge < -0.3 is 20.2 Å². The summed E-state index contributed by atoms with van der Waals surface area (Å²) in [5.74, 6) is 0. The van der Waals surface area contributed by atoms with E-state index < -0.39 is 6.10 Å². The molecule has 3 aliphatic rings. The Kier molecular flexibility index (Phi) is 5.34. The minimum absolute atomic E-state index is 0.0443. The highest BCUT2D eigenvalue weighted by atomic mass is 35.5. The number of likely N-dealkylation sites (N-methyl/N-ethyl adjacent to an activating group) is 1. The van der Waals surface area contributed by atoms with E-state index in [9.17, 15) is 9.90 Å². The quantitative estimate of drug-likeness (QED) is 0.813. The van der Waals surface area contributed by atoms with Crippen LogP contribution in [0, 0.1) is 0 Å². The first-order valence-electron chi connectivity index (χ1n) is 9.86. The lowest BCUT2D eigenvalue weighted by Crippen LogP contribution is -2.53. The van der Waals surface area contributed by atoms with Gasteiger partial charge in [0.2, 0.25) is 0 Å². The van der Waals surface area contributed by atoms with Gasteiger partial charge in [0.25, 0.3) is 0 Å². The van der Waals surface area contributed by atoms with Crippen LogP contribution in [0.3, 0.4) is 0 Å². The van der Waals surface area contributed by atoms with Crippen LogP contribution in [0.1, 0.15) is 18.4 Å². The van der Waals surface area contributed by atoms with E-state index in [2.05, 4.69) is 22.2 Å². The minimum atomic E-state index is -0.467. The molecule has 0 unspecified atom stereocenters. The van der Waals surface area contributed by atoms with Gasteiger partial charge in [-0.3, -0.25) is 4.90 Å². The third-order valence-electron chi connectivity index (χ3n) is 6.23. The number of carbonyl (C=O) groups is 1. The van der Waals surface area contributed by atoms with E-state index in [4.69, 9.17) is 11.6 Å². The van der Waals surface area contributed by atoms with Crippen LogP contribution in [0.5, 0.6) is 0 Å². The summed E-state index contributed by atoms with van der Waals surface area (Å²) in [4.78, 5) is 19.2. The highest BCUT2D eigenvalue weighted by Crippen LogP contribution is 2.39. The summed E-state index contributed by atoms with van der Waals surface area (Å²) in [6.07, 6.45) is 2.36. The Hall–Kier alpha value is -1.34. The smallest absolute Gasteiger partial charge is 0.317 e. The Balaban J connectivity index is 1.32. The number of benzene rings is 1. The number of β-amino-alcohol motifs (C(OH)–C–C–N with tert-alkyl or cyclic N) is 1. The number of urea groups is 1. The fourth-order valence-electron chi connectivity index (χ4n) is 4.24. The van der Waals surface area contributed by atoms with Crippen molar-refractivity contribution in [2.45, 2.75) is 36.9 Å². The average molecular weight is 393 g/mol. The van der Waals surface area contributed by atoms with Gasteiger partial charge in [0, 0.05) is 49.8 Å². The molecule has 2 amide bonds. The molecule has 1 saturated carbocycles. The molecule has 1 aromatic rings. The number of halogens is 1. The maximum Gasteiger partial charge on any atom is 0.317 e. The van der Waals surface area contributed by atoms with Crippen LogP contribution >= 0.6 is 11.6 Å². The summed E-state index contributed by atoms with van der Waals surface area (Å²) in [5.41, 5.74) is 1.05. The second kappa shape index (κ2) is 7.59.